The molecule has 0 bridgehead atoms. The van der Waals surface area contributed by atoms with E-state index < -0.39 is 0 Å². The maximum absolute atomic E-state index is 5.65. The van der Waals surface area contributed by atoms with E-state index in [0.29, 0.717) is 12.5 Å². The largest absolute Gasteiger partial charge is 0.472 e. The summed E-state index contributed by atoms with van der Waals surface area (Å²) >= 11 is 0. The maximum atomic E-state index is 5.65. The Balaban J connectivity index is 1.97. The molecule has 0 fully saturated rings. The molecular weight excluding hydrogens is 216 g/mol. The van der Waals surface area contributed by atoms with Gasteiger partial charge in [0.1, 0.15) is 12.8 Å². The number of nitrogen functional groups attached to an aromatic ring is 1. The Morgan fingerprint density at radius 3 is 2.76 bits per heavy atom. The maximum Gasteiger partial charge on any atom is 0.232 e. The Morgan fingerprint density at radius 1 is 1.29 bits per heavy atom. The van der Waals surface area contributed by atoms with Gasteiger partial charge in [0.2, 0.25) is 5.88 Å². The number of benzene rings is 1. The minimum atomic E-state index is 0.497. The minimum Gasteiger partial charge on any atom is -0.472 e. The highest BCUT2D eigenvalue weighted by molar-refractivity contribution is 5.39. The lowest BCUT2D eigenvalue weighted by atomic mass is 10.2. The van der Waals surface area contributed by atoms with E-state index in [1.807, 2.05) is 24.3 Å². The van der Waals surface area contributed by atoms with Gasteiger partial charge >= 0.3 is 0 Å². The molecule has 0 aliphatic heterocycles. The summed E-state index contributed by atoms with van der Waals surface area (Å²) in [5.74, 6) is 0.698. The van der Waals surface area contributed by atoms with Crippen LogP contribution in [0.25, 0.3) is 0 Å². The molecule has 2 N–H and O–H groups in total. The van der Waals surface area contributed by atoms with Gasteiger partial charge in [-0.05, 0) is 24.1 Å². The van der Waals surface area contributed by atoms with Crippen molar-refractivity contribution in [1.29, 1.82) is 0 Å². The lowest BCUT2D eigenvalue weighted by Gasteiger charge is -2.07. The fraction of sp³-hybridized carbons (Fsp3) is 0.333. The van der Waals surface area contributed by atoms with Crippen LogP contribution in [0.3, 0.4) is 0 Å². The number of rotatable bonds is 5. The molecule has 5 nitrogen and oxygen atoms in total. The number of aryl methyl sites for hydroxylation is 1. The second kappa shape index (κ2) is 5.34. The highest BCUT2D eigenvalue weighted by Gasteiger charge is 2.03. The van der Waals surface area contributed by atoms with Crippen molar-refractivity contribution < 1.29 is 4.74 Å². The third-order valence-electron chi connectivity index (χ3n) is 2.38. The zero-order chi connectivity index (χ0) is 12.1. The molecule has 90 valence electrons. The van der Waals surface area contributed by atoms with E-state index in [1.165, 1.54) is 0 Å². The Bertz CT molecular complexity index is 464. The average molecular weight is 232 g/mol. The van der Waals surface area contributed by atoms with Gasteiger partial charge in [-0.2, -0.15) is 0 Å². The number of aromatic nitrogens is 3. The van der Waals surface area contributed by atoms with Crippen LogP contribution in [0.4, 0.5) is 5.69 Å². The lowest BCUT2D eigenvalue weighted by molar-refractivity contribution is 0.271. The van der Waals surface area contributed by atoms with Gasteiger partial charge in [-0.1, -0.05) is 24.3 Å². The average Bonchev–Trinajstić information content (AvgIpc) is 2.77. The number of nitrogens with two attached hydrogens (primary N) is 1. The van der Waals surface area contributed by atoms with E-state index in [4.69, 9.17) is 10.5 Å². The first-order chi connectivity index (χ1) is 8.29. The third-order valence-corrected chi connectivity index (χ3v) is 2.38. The molecule has 1 heterocycles. The van der Waals surface area contributed by atoms with Crippen molar-refractivity contribution in [3.05, 3.63) is 36.0 Å². The first kappa shape index (κ1) is 11.4. The predicted molar refractivity (Wildman–Crippen MR) is 65.5 cm³/mol. The SMILES string of the molecule is CCCn1nncc1OCc1ccc(N)cc1. The Morgan fingerprint density at radius 2 is 2.06 bits per heavy atom. The van der Waals surface area contributed by atoms with Gasteiger partial charge in [-0.25, -0.2) is 4.68 Å². The van der Waals surface area contributed by atoms with Crippen molar-refractivity contribution in [1.82, 2.24) is 15.0 Å². The summed E-state index contributed by atoms with van der Waals surface area (Å²) in [6, 6.07) is 7.62. The van der Waals surface area contributed by atoms with Crippen LogP contribution in [0.2, 0.25) is 0 Å². The molecule has 17 heavy (non-hydrogen) atoms. The quantitative estimate of drug-likeness (QED) is 0.799. The molecule has 0 amide bonds. The van der Waals surface area contributed by atoms with Crippen molar-refractivity contribution in [3.8, 4) is 5.88 Å². The smallest absolute Gasteiger partial charge is 0.232 e. The van der Waals surface area contributed by atoms with Gasteiger partial charge in [0, 0.05) is 12.2 Å². The van der Waals surface area contributed by atoms with Gasteiger partial charge in [-0.15, -0.1) is 5.10 Å². The molecular formula is C12H16N4O. The van der Waals surface area contributed by atoms with E-state index in [2.05, 4.69) is 17.2 Å². The van der Waals surface area contributed by atoms with E-state index in [-0.39, 0.29) is 0 Å². The van der Waals surface area contributed by atoms with Crippen molar-refractivity contribution in [2.24, 2.45) is 0 Å². The molecule has 0 aliphatic carbocycles. The van der Waals surface area contributed by atoms with Crippen molar-refractivity contribution in [3.63, 3.8) is 0 Å². The van der Waals surface area contributed by atoms with Crippen LogP contribution < -0.4 is 10.5 Å². The highest BCUT2D eigenvalue weighted by Crippen LogP contribution is 2.12. The molecule has 2 rings (SSSR count). The molecule has 0 aliphatic rings. The molecule has 0 radical (unpaired) electrons. The van der Waals surface area contributed by atoms with Crippen LogP contribution in [-0.4, -0.2) is 15.0 Å². The van der Waals surface area contributed by atoms with Gasteiger partial charge in [0.25, 0.3) is 0 Å². The molecule has 0 saturated heterocycles. The normalized spacial score (nSPS) is 10.4. The van der Waals surface area contributed by atoms with Crippen LogP contribution in [0, 0.1) is 0 Å². The lowest BCUT2D eigenvalue weighted by Crippen LogP contribution is -2.05. The Kier molecular flexibility index (Phi) is 3.59. The molecule has 1 aromatic heterocycles. The highest BCUT2D eigenvalue weighted by atomic mass is 16.5. The third kappa shape index (κ3) is 2.96. The molecule has 0 saturated carbocycles. The van der Waals surface area contributed by atoms with E-state index >= 15 is 0 Å². The second-order valence-electron chi connectivity index (χ2n) is 3.83. The summed E-state index contributed by atoms with van der Waals surface area (Å²) in [6.07, 6.45) is 2.63. The van der Waals surface area contributed by atoms with Crippen LogP contribution in [0.5, 0.6) is 5.88 Å². The van der Waals surface area contributed by atoms with Crippen molar-refractivity contribution in [2.45, 2.75) is 26.5 Å². The number of hydrogen-bond donors (Lipinski definition) is 1. The molecule has 0 spiro atoms. The summed E-state index contributed by atoms with van der Waals surface area (Å²) in [6.45, 7) is 3.40. The number of nitrogens with zero attached hydrogens (tertiary/aromatic N) is 3. The van der Waals surface area contributed by atoms with Gasteiger partial charge in [-0.3, -0.25) is 0 Å². The monoisotopic (exact) mass is 232 g/mol. The summed E-state index contributed by atoms with van der Waals surface area (Å²) in [7, 11) is 0. The first-order valence-corrected chi connectivity index (χ1v) is 5.65. The fourth-order valence-corrected chi connectivity index (χ4v) is 1.50. The second-order valence-corrected chi connectivity index (χ2v) is 3.83. The van der Waals surface area contributed by atoms with E-state index in [9.17, 15) is 0 Å². The van der Waals surface area contributed by atoms with Crippen LogP contribution >= 0.6 is 0 Å². The fourth-order valence-electron chi connectivity index (χ4n) is 1.50. The molecule has 2 aromatic rings. The molecule has 0 atom stereocenters. The van der Waals surface area contributed by atoms with E-state index in [0.717, 1.165) is 24.2 Å². The van der Waals surface area contributed by atoms with Gasteiger partial charge < -0.3 is 10.5 Å². The zero-order valence-electron chi connectivity index (χ0n) is 9.84. The zero-order valence-corrected chi connectivity index (χ0v) is 9.84. The molecule has 1 aromatic carbocycles. The number of hydrogen-bond acceptors (Lipinski definition) is 4. The first-order valence-electron chi connectivity index (χ1n) is 5.65. The van der Waals surface area contributed by atoms with E-state index in [1.54, 1.807) is 10.9 Å². The summed E-state index contributed by atoms with van der Waals surface area (Å²) in [4.78, 5) is 0. The standard InChI is InChI=1S/C12H16N4O/c1-2-7-16-12(8-14-15-16)17-9-10-3-5-11(13)6-4-10/h3-6,8H,2,7,9,13H2,1H3. The molecule has 0 unspecified atom stereocenters. The number of anilines is 1. The predicted octanol–water partition coefficient (Wildman–Crippen LogP) is 1.85. The number of ether oxygens (including phenoxy) is 1. The van der Waals surface area contributed by atoms with Crippen LogP contribution in [0.1, 0.15) is 18.9 Å². The summed E-state index contributed by atoms with van der Waals surface area (Å²) < 4.78 is 7.41. The van der Waals surface area contributed by atoms with Gasteiger partial charge in [0.15, 0.2) is 0 Å². The summed E-state index contributed by atoms with van der Waals surface area (Å²) in [5, 5.41) is 7.79. The van der Waals surface area contributed by atoms with Crippen molar-refractivity contribution in [2.75, 3.05) is 5.73 Å². The Hall–Kier alpha value is -2.04. The van der Waals surface area contributed by atoms with Gasteiger partial charge in [0.05, 0.1) is 0 Å². The molecule has 5 heteroatoms. The Labute approximate surface area is 100 Å². The summed E-state index contributed by atoms with van der Waals surface area (Å²) in [5.41, 5.74) is 7.44. The van der Waals surface area contributed by atoms with Crippen LogP contribution in [0.15, 0.2) is 30.5 Å². The van der Waals surface area contributed by atoms with Crippen molar-refractivity contribution >= 4 is 5.69 Å². The minimum absolute atomic E-state index is 0.497. The van der Waals surface area contributed by atoms with Crippen LogP contribution in [-0.2, 0) is 13.2 Å². The topological polar surface area (TPSA) is 66.0 Å².